The molecule has 0 heterocycles. The van der Waals surface area contributed by atoms with Crippen molar-refractivity contribution in [3.8, 4) is 0 Å². The van der Waals surface area contributed by atoms with Crippen LogP contribution in [0.25, 0.3) is 0 Å². The van der Waals surface area contributed by atoms with Gasteiger partial charge in [-0.05, 0) is 92.3 Å². The minimum absolute atomic E-state index is 0.250. The summed E-state index contributed by atoms with van der Waals surface area (Å²) < 4.78 is 0. The molecule has 3 nitrogen and oxygen atoms in total. The van der Waals surface area contributed by atoms with Crippen molar-refractivity contribution in [1.29, 1.82) is 0 Å². The van der Waals surface area contributed by atoms with E-state index in [1.54, 1.807) is 0 Å². The molecule has 0 aromatic rings. The molecule has 0 saturated heterocycles. The van der Waals surface area contributed by atoms with E-state index >= 15 is 0 Å². The first kappa shape index (κ1) is 36.6. The first-order valence-electron chi connectivity index (χ1n) is 15.7. The Morgan fingerprint density at radius 1 is 0.743 bits per heavy atom. The van der Waals surface area contributed by atoms with Crippen LogP contribution in [0.2, 0.25) is 0 Å². The Morgan fingerprint density at radius 2 is 1.29 bits per heavy atom. The molecule has 0 radical (unpaired) electrons. The Balaban J connectivity index is 0. The highest BCUT2D eigenvalue weighted by Gasteiger charge is 2.65. The van der Waals surface area contributed by atoms with E-state index in [0.717, 1.165) is 18.3 Å². The molecule has 7 unspecified atom stereocenters. The Bertz CT molecular complexity index is 521. The summed E-state index contributed by atoms with van der Waals surface area (Å²) in [6, 6.07) is 0. The first-order valence-corrected chi connectivity index (χ1v) is 15.7. The average molecular weight is 499 g/mol. The summed E-state index contributed by atoms with van der Waals surface area (Å²) >= 11 is 0. The number of hydrogen-bond donors (Lipinski definition) is 2. The van der Waals surface area contributed by atoms with Gasteiger partial charge in [0.15, 0.2) is 0 Å². The van der Waals surface area contributed by atoms with E-state index < -0.39 is 0 Å². The van der Waals surface area contributed by atoms with Crippen molar-refractivity contribution in [3.63, 3.8) is 0 Å². The number of unbranched alkanes of at least 4 members (excludes halogenated alkanes) is 1. The standard InChI is InChI=1S/C23H40O.4C2H6.CH2O2/c1-4-5-8-17-10-11-19-22(17,3)15-13-20-21(2)14-7-6-9-18(21)12-16-23(19,20)24;4*1-2;2-1-3/h17-20,24H,4-16H2,1-3H3;4*1-2H3;1H,(H,2,3). The summed E-state index contributed by atoms with van der Waals surface area (Å²) in [6.07, 6.45) is 17.6. The summed E-state index contributed by atoms with van der Waals surface area (Å²) in [5, 5.41) is 19.0. The van der Waals surface area contributed by atoms with Gasteiger partial charge in [0.2, 0.25) is 0 Å². The molecule has 4 aliphatic carbocycles. The predicted octanol–water partition coefficient (Wildman–Crippen LogP) is 10.1. The fraction of sp³-hybridized carbons (Fsp3) is 0.969. The van der Waals surface area contributed by atoms with E-state index in [1.807, 2.05) is 55.4 Å². The summed E-state index contributed by atoms with van der Waals surface area (Å²) in [7, 11) is 0. The number of hydrogen-bond acceptors (Lipinski definition) is 2. The molecular formula is C32H66O3. The fourth-order valence-electron chi connectivity index (χ4n) is 8.40. The van der Waals surface area contributed by atoms with Crippen molar-refractivity contribution in [2.45, 2.75) is 165 Å². The van der Waals surface area contributed by atoms with Crippen molar-refractivity contribution in [2.24, 2.45) is 34.5 Å². The lowest BCUT2D eigenvalue weighted by Gasteiger charge is -2.64. The quantitative estimate of drug-likeness (QED) is 0.380. The van der Waals surface area contributed by atoms with Gasteiger partial charge in [0, 0.05) is 0 Å². The predicted molar refractivity (Wildman–Crippen MR) is 155 cm³/mol. The lowest BCUT2D eigenvalue weighted by molar-refractivity contribution is -0.220. The summed E-state index contributed by atoms with van der Waals surface area (Å²) in [6.45, 7) is 23.2. The highest BCUT2D eigenvalue weighted by atomic mass is 16.3. The van der Waals surface area contributed by atoms with E-state index in [4.69, 9.17) is 9.90 Å². The SMILES string of the molecule is CC.CC.CC.CC.CCCCC1CCC2C1(C)CCC1C3(C)CCCCC3CCC12O.O=CO. The van der Waals surface area contributed by atoms with Crippen molar-refractivity contribution in [2.75, 3.05) is 0 Å². The molecule has 35 heavy (non-hydrogen) atoms. The molecule has 0 spiro atoms. The normalized spacial score (nSPS) is 38.1. The van der Waals surface area contributed by atoms with Crippen LogP contribution in [-0.2, 0) is 4.79 Å². The third kappa shape index (κ3) is 7.96. The van der Waals surface area contributed by atoms with Gasteiger partial charge in [0.1, 0.15) is 0 Å². The van der Waals surface area contributed by atoms with E-state index in [2.05, 4.69) is 20.8 Å². The van der Waals surface area contributed by atoms with E-state index in [9.17, 15) is 5.11 Å². The van der Waals surface area contributed by atoms with Gasteiger partial charge in [-0.25, -0.2) is 0 Å². The van der Waals surface area contributed by atoms with E-state index in [-0.39, 0.29) is 12.1 Å². The number of fused-ring (bicyclic) bond motifs is 5. The molecule has 3 heteroatoms. The van der Waals surface area contributed by atoms with Crippen LogP contribution in [0.4, 0.5) is 0 Å². The lowest BCUT2D eigenvalue weighted by atomic mass is 9.43. The zero-order chi connectivity index (χ0) is 27.7. The van der Waals surface area contributed by atoms with Crippen LogP contribution in [0.1, 0.15) is 160 Å². The highest BCUT2D eigenvalue weighted by molar-refractivity contribution is 5.32. The maximum atomic E-state index is 12.1. The largest absolute Gasteiger partial charge is 0.483 e. The van der Waals surface area contributed by atoms with Crippen LogP contribution in [0.5, 0.6) is 0 Å². The molecule has 2 N–H and O–H groups in total. The number of carbonyl (C=O) groups is 1. The van der Waals surface area contributed by atoms with Crippen LogP contribution in [0.15, 0.2) is 0 Å². The molecule has 4 aliphatic rings. The van der Waals surface area contributed by atoms with Gasteiger partial charge < -0.3 is 10.2 Å². The van der Waals surface area contributed by atoms with Crippen molar-refractivity contribution < 1.29 is 15.0 Å². The second kappa shape index (κ2) is 18.6. The molecule has 0 aromatic carbocycles. The second-order valence-corrected chi connectivity index (χ2v) is 10.7. The van der Waals surface area contributed by atoms with Crippen molar-refractivity contribution in [3.05, 3.63) is 0 Å². The molecule has 7 atom stereocenters. The monoisotopic (exact) mass is 499 g/mol. The second-order valence-electron chi connectivity index (χ2n) is 10.7. The topological polar surface area (TPSA) is 57.5 Å². The maximum absolute atomic E-state index is 12.1. The number of aliphatic hydroxyl groups is 1. The van der Waals surface area contributed by atoms with E-state index in [0.29, 0.717) is 22.7 Å². The minimum Gasteiger partial charge on any atom is -0.483 e. The average Bonchev–Trinajstić information content (AvgIpc) is 3.25. The van der Waals surface area contributed by atoms with Gasteiger partial charge >= 0.3 is 0 Å². The summed E-state index contributed by atoms with van der Waals surface area (Å²) in [4.78, 5) is 8.36. The highest BCUT2D eigenvalue weighted by Crippen LogP contribution is 2.69. The summed E-state index contributed by atoms with van der Waals surface area (Å²) in [5.74, 6) is 2.96. The smallest absolute Gasteiger partial charge is 0.290 e. The van der Waals surface area contributed by atoms with Crippen LogP contribution in [0, 0.1) is 34.5 Å². The van der Waals surface area contributed by atoms with Crippen LogP contribution < -0.4 is 0 Å². The molecular weight excluding hydrogens is 432 g/mol. The van der Waals surface area contributed by atoms with E-state index in [1.165, 1.54) is 77.0 Å². The molecule has 0 aliphatic heterocycles. The molecule has 4 rings (SSSR count). The van der Waals surface area contributed by atoms with Gasteiger partial charge in [-0.3, -0.25) is 4.79 Å². The maximum Gasteiger partial charge on any atom is 0.290 e. The van der Waals surface area contributed by atoms with Crippen LogP contribution in [-0.4, -0.2) is 22.3 Å². The third-order valence-electron chi connectivity index (χ3n) is 9.76. The van der Waals surface area contributed by atoms with Crippen molar-refractivity contribution in [1.82, 2.24) is 0 Å². The zero-order valence-corrected chi connectivity index (χ0v) is 25.9. The van der Waals surface area contributed by atoms with Crippen LogP contribution in [0.3, 0.4) is 0 Å². The Hall–Kier alpha value is -0.570. The zero-order valence-electron chi connectivity index (χ0n) is 25.9. The van der Waals surface area contributed by atoms with Gasteiger partial charge in [-0.15, -0.1) is 0 Å². The van der Waals surface area contributed by atoms with Crippen LogP contribution >= 0.6 is 0 Å². The summed E-state index contributed by atoms with van der Waals surface area (Å²) in [5.41, 5.74) is 0.531. The molecule has 0 amide bonds. The Morgan fingerprint density at radius 3 is 1.83 bits per heavy atom. The first-order chi connectivity index (χ1) is 16.9. The third-order valence-corrected chi connectivity index (χ3v) is 9.76. The number of carboxylic acid groups (broad SMARTS) is 1. The lowest BCUT2D eigenvalue weighted by Crippen LogP contribution is -2.63. The van der Waals surface area contributed by atoms with Gasteiger partial charge in [-0.1, -0.05) is 102 Å². The van der Waals surface area contributed by atoms with Gasteiger partial charge in [0.05, 0.1) is 5.60 Å². The molecule has 4 fully saturated rings. The van der Waals surface area contributed by atoms with Gasteiger partial charge in [-0.2, -0.15) is 0 Å². The van der Waals surface area contributed by atoms with Crippen molar-refractivity contribution >= 4 is 6.47 Å². The molecule has 0 aromatic heterocycles. The molecule has 0 bridgehead atoms. The fourth-order valence-corrected chi connectivity index (χ4v) is 8.40. The Kier molecular flexibility index (Phi) is 19.5. The molecule has 212 valence electrons. The molecule has 4 saturated carbocycles. The number of rotatable bonds is 3. The minimum atomic E-state index is -0.337. The van der Waals surface area contributed by atoms with Gasteiger partial charge in [0.25, 0.3) is 6.47 Å². The Labute approximate surface area is 221 Å².